The molecule has 24 heavy (non-hydrogen) atoms. The van der Waals surface area contributed by atoms with Gasteiger partial charge in [-0.15, -0.1) is 0 Å². The van der Waals surface area contributed by atoms with Crippen molar-refractivity contribution in [2.45, 2.75) is 25.3 Å². The number of carbonyl (C=O) groups is 2. The summed E-state index contributed by atoms with van der Waals surface area (Å²) in [6.45, 7) is 1.44. The molecule has 3 N–H and O–H groups in total. The molecule has 3 amide bonds. The first-order valence-corrected chi connectivity index (χ1v) is 8.03. The van der Waals surface area contributed by atoms with Crippen LogP contribution in [-0.2, 0) is 11.3 Å². The van der Waals surface area contributed by atoms with Crippen LogP contribution < -0.4 is 11.1 Å². The molecule has 3 rings (SSSR count). The molecule has 1 saturated heterocycles. The molecule has 126 valence electrons. The first-order chi connectivity index (χ1) is 11.6. The summed E-state index contributed by atoms with van der Waals surface area (Å²) < 4.78 is 1.40. The van der Waals surface area contributed by atoms with Crippen LogP contribution in [0.4, 0.5) is 10.5 Å². The van der Waals surface area contributed by atoms with Crippen LogP contribution in [0.2, 0.25) is 0 Å². The van der Waals surface area contributed by atoms with E-state index in [1.165, 1.54) is 16.4 Å². The fourth-order valence-electron chi connectivity index (χ4n) is 3.02. The van der Waals surface area contributed by atoms with Gasteiger partial charge in [0.05, 0.1) is 11.9 Å². The van der Waals surface area contributed by atoms with E-state index in [9.17, 15) is 9.59 Å². The molecule has 0 bridgehead atoms. The average Bonchev–Trinajstić information content (AvgIpc) is 3.02. The number of likely N-dealkylation sites (tertiary alicyclic amines) is 1. The second kappa shape index (κ2) is 7.16. The quantitative estimate of drug-likeness (QED) is 0.896. The Hall–Kier alpha value is -2.83. The summed E-state index contributed by atoms with van der Waals surface area (Å²) in [6.07, 6.45) is 5.02. The molecule has 0 aliphatic carbocycles. The smallest absolute Gasteiger partial charge is 0.321 e. The normalized spacial score (nSPS) is 15.2. The lowest BCUT2D eigenvalue weighted by Gasteiger charge is -2.32. The summed E-state index contributed by atoms with van der Waals surface area (Å²) in [5.41, 5.74) is 7.02. The van der Waals surface area contributed by atoms with E-state index in [4.69, 9.17) is 5.73 Å². The van der Waals surface area contributed by atoms with Crippen molar-refractivity contribution in [2.24, 2.45) is 5.73 Å². The molecule has 1 aromatic carbocycles. The number of carbonyl (C=O) groups excluding carboxylic acids is 2. The minimum absolute atomic E-state index is 0.00165. The molecule has 1 aliphatic rings. The molecule has 1 aromatic heterocycles. The van der Waals surface area contributed by atoms with E-state index in [1.54, 1.807) is 6.20 Å². The fourth-order valence-corrected chi connectivity index (χ4v) is 3.02. The highest BCUT2D eigenvalue weighted by Gasteiger charge is 2.23. The molecular formula is C17H21N5O2. The molecule has 0 spiro atoms. The number of rotatable bonds is 4. The molecule has 0 saturated carbocycles. The van der Waals surface area contributed by atoms with Crippen LogP contribution in [-0.4, -0.2) is 39.7 Å². The van der Waals surface area contributed by atoms with Crippen molar-refractivity contribution >= 4 is 17.6 Å². The molecule has 1 fully saturated rings. The third kappa shape index (κ3) is 3.92. The Morgan fingerprint density at radius 1 is 1.21 bits per heavy atom. The van der Waals surface area contributed by atoms with Gasteiger partial charge in [0.2, 0.25) is 5.91 Å². The summed E-state index contributed by atoms with van der Waals surface area (Å²) in [5, 5.41) is 6.80. The lowest BCUT2D eigenvalue weighted by Crippen LogP contribution is -2.40. The minimum Gasteiger partial charge on any atom is -0.368 e. The number of nitrogens with one attached hydrogen (secondary N) is 1. The van der Waals surface area contributed by atoms with Crippen molar-refractivity contribution in [3.05, 3.63) is 48.3 Å². The number of hydrogen-bond acceptors (Lipinski definition) is 3. The van der Waals surface area contributed by atoms with Gasteiger partial charge in [-0.25, -0.2) is 4.79 Å². The predicted octanol–water partition coefficient (Wildman–Crippen LogP) is 1.78. The number of urea groups is 1. The van der Waals surface area contributed by atoms with Crippen LogP contribution >= 0.6 is 0 Å². The van der Waals surface area contributed by atoms with Crippen molar-refractivity contribution in [3.63, 3.8) is 0 Å². The van der Waals surface area contributed by atoms with Crippen molar-refractivity contribution in [2.75, 3.05) is 18.4 Å². The number of hydrogen-bond donors (Lipinski definition) is 2. The van der Waals surface area contributed by atoms with Crippen LogP contribution in [0.1, 0.15) is 24.3 Å². The number of anilines is 1. The Bertz CT molecular complexity index is 705. The zero-order valence-electron chi connectivity index (χ0n) is 13.4. The molecule has 7 nitrogen and oxygen atoms in total. The molecule has 2 aromatic rings. The molecule has 2 heterocycles. The van der Waals surface area contributed by atoms with Crippen LogP contribution in [0.3, 0.4) is 0 Å². The Labute approximate surface area is 140 Å². The summed E-state index contributed by atoms with van der Waals surface area (Å²) in [6, 6.07) is 10.3. The summed E-state index contributed by atoms with van der Waals surface area (Å²) in [7, 11) is 0. The first-order valence-electron chi connectivity index (χ1n) is 8.03. The van der Waals surface area contributed by atoms with E-state index < -0.39 is 5.91 Å². The van der Waals surface area contributed by atoms with Gasteiger partial charge in [-0.3, -0.25) is 9.48 Å². The van der Waals surface area contributed by atoms with Gasteiger partial charge in [0.25, 0.3) is 0 Å². The summed E-state index contributed by atoms with van der Waals surface area (Å²) in [4.78, 5) is 25.0. The van der Waals surface area contributed by atoms with Crippen molar-refractivity contribution in [1.82, 2.24) is 14.7 Å². The lowest BCUT2D eigenvalue weighted by atomic mass is 9.90. The molecular weight excluding hydrogens is 306 g/mol. The Morgan fingerprint density at radius 3 is 2.58 bits per heavy atom. The highest BCUT2D eigenvalue weighted by molar-refractivity contribution is 5.89. The highest BCUT2D eigenvalue weighted by Crippen LogP contribution is 2.27. The van der Waals surface area contributed by atoms with Crippen molar-refractivity contribution in [3.8, 4) is 0 Å². The fraction of sp³-hybridized carbons (Fsp3) is 0.353. The number of nitrogens with zero attached hydrogens (tertiary/aromatic N) is 3. The standard InChI is InChI=1S/C17H21N5O2/c18-16(23)12-22-11-15(10-19-22)20-17(24)21-8-6-14(7-9-21)13-4-2-1-3-5-13/h1-5,10-11,14H,6-9,12H2,(H2,18,23)(H,20,24). The largest absolute Gasteiger partial charge is 0.368 e. The zero-order valence-corrected chi connectivity index (χ0v) is 13.4. The number of primary amides is 1. The molecule has 7 heteroatoms. The number of benzene rings is 1. The first kappa shape index (κ1) is 16.0. The van der Waals surface area contributed by atoms with Crippen molar-refractivity contribution in [1.29, 1.82) is 0 Å². The summed E-state index contributed by atoms with van der Waals surface area (Å²) >= 11 is 0. The Balaban J connectivity index is 1.52. The number of aromatic nitrogens is 2. The minimum atomic E-state index is -0.473. The van der Waals surface area contributed by atoms with Gasteiger partial charge in [-0.05, 0) is 24.3 Å². The zero-order chi connectivity index (χ0) is 16.9. The molecule has 0 radical (unpaired) electrons. The van der Waals surface area contributed by atoms with Gasteiger partial charge in [-0.2, -0.15) is 5.10 Å². The maximum Gasteiger partial charge on any atom is 0.321 e. The van der Waals surface area contributed by atoms with E-state index >= 15 is 0 Å². The van der Waals surface area contributed by atoms with Gasteiger partial charge < -0.3 is 16.0 Å². The average molecular weight is 327 g/mol. The van der Waals surface area contributed by atoms with Crippen LogP contribution in [0.15, 0.2) is 42.7 Å². The van der Waals surface area contributed by atoms with Gasteiger partial charge in [0.1, 0.15) is 6.54 Å². The van der Waals surface area contributed by atoms with Gasteiger partial charge in [-0.1, -0.05) is 30.3 Å². The van der Waals surface area contributed by atoms with Gasteiger partial charge >= 0.3 is 6.03 Å². The second-order valence-electron chi connectivity index (χ2n) is 6.00. The van der Waals surface area contributed by atoms with E-state index in [2.05, 4.69) is 34.7 Å². The van der Waals surface area contributed by atoms with E-state index in [0.717, 1.165) is 25.9 Å². The second-order valence-corrected chi connectivity index (χ2v) is 6.00. The SMILES string of the molecule is NC(=O)Cn1cc(NC(=O)N2CCC(c3ccccc3)CC2)cn1. The van der Waals surface area contributed by atoms with Crippen LogP contribution in [0, 0.1) is 0 Å². The van der Waals surface area contributed by atoms with E-state index in [-0.39, 0.29) is 12.6 Å². The van der Waals surface area contributed by atoms with Gasteiger partial charge in [0, 0.05) is 19.3 Å². The maximum atomic E-state index is 12.3. The number of nitrogens with two attached hydrogens (primary N) is 1. The topological polar surface area (TPSA) is 93.2 Å². The van der Waals surface area contributed by atoms with Gasteiger partial charge in [0.15, 0.2) is 0 Å². The van der Waals surface area contributed by atoms with E-state index in [1.807, 2.05) is 11.0 Å². The Morgan fingerprint density at radius 2 is 1.92 bits per heavy atom. The lowest BCUT2D eigenvalue weighted by molar-refractivity contribution is -0.118. The van der Waals surface area contributed by atoms with Crippen LogP contribution in [0.25, 0.3) is 0 Å². The predicted molar refractivity (Wildman–Crippen MR) is 90.4 cm³/mol. The summed E-state index contributed by atoms with van der Waals surface area (Å²) in [5.74, 6) is 0.0347. The number of piperidine rings is 1. The van der Waals surface area contributed by atoms with Crippen LogP contribution in [0.5, 0.6) is 0 Å². The molecule has 0 unspecified atom stereocenters. The Kier molecular flexibility index (Phi) is 4.79. The van der Waals surface area contributed by atoms with E-state index in [0.29, 0.717) is 11.6 Å². The van der Waals surface area contributed by atoms with Crippen molar-refractivity contribution < 1.29 is 9.59 Å². The highest BCUT2D eigenvalue weighted by atomic mass is 16.2. The third-order valence-electron chi connectivity index (χ3n) is 4.26. The molecule has 0 atom stereocenters. The number of amides is 3. The third-order valence-corrected chi connectivity index (χ3v) is 4.26. The molecule has 1 aliphatic heterocycles. The monoisotopic (exact) mass is 327 g/mol. The maximum absolute atomic E-state index is 12.3.